The molecule has 0 saturated carbocycles. The van der Waals surface area contributed by atoms with E-state index in [0.717, 1.165) is 17.9 Å². The highest BCUT2D eigenvalue weighted by Gasteiger charge is 2.25. The van der Waals surface area contributed by atoms with Gasteiger partial charge in [0.2, 0.25) is 5.69 Å². The van der Waals surface area contributed by atoms with E-state index in [2.05, 4.69) is 85.1 Å². The van der Waals surface area contributed by atoms with Crippen LogP contribution in [0.5, 0.6) is 5.75 Å². The first-order valence-corrected chi connectivity index (χ1v) is 9.40. The number of fused-ring (bicyclic) bond motifs is 1. The van der Waals surface area contributed by atoms with Gasteiger partial charge in [-0.05, 0) is 23.8 Å². The first-order valence-electron chi connectivity index (χ1n) is 9.40. The Morgan fingerprint density at radius 3 is 2.00 bits per heavy atom. The first-order chi connectivity index (χ1) is 13.2. The Bertz CT molecular complexity index is 1090. The summed E-state index contributed by atoms with van der Waals surface area (Å²) in [6.07, 6.45) is 0.946. The van der Waals surface area contributed by atoms with E-state index in [1.54, 1.807) is 7.11 Å². The monoisotopic (exact) mass is 481 g/mol. The van der Waals surface area contributed by atoms with Gasteiger partial charge in [-0.25, -0.2) is 0 Å². The molecule has 0 bridgehead atoms. The van der Waals surface area contributed by atoms with E-state index in [-0.39, 0.29) is 24.0 Å². The molecular formula is C25H24INO. The lowest BCUT2D eigenvalue weighted by atomic mass is 9.94. The van der Waals surface area contributed by atoms with Gasteiger partial charge in [-0.15, -0.1) is 0 Å². The van der Waals surface area contributed by atoms with Gasteiger partial charge in [-0.1, -0.05) is 55.5 Å². The molecule has 28 heavy (non-hydrogen) atoms. The van der Waals surface area contributed by atoms with E-state index in [0.29, 0.717) is 0 Å². The van der Waals surface area contributed by atoms with Crippen LogP contribution in [0.15, 0.2) is 78.9 Å². The van der Waals surface area contributed by atoms with E-state index >= 15 is 0 Å². The van der Waals surface area contributed by atoms with Crippen molar-refractivity contribution in [1.29, 1.82) is 0 Å². The largest absolute Gasteiger partial charge is 1.00 e. The zero-order chi connectivity index (χ0) is 18.8. The van der Waals surface area contributed by atoms with Gasteiger partial charge in [0.05, 0.1) is 12.7 Å². The van der Waals surface area contributed by atoms with Gasteiger partial charge in [0.1, 0.15) is 5.75 Å². The molecule has 1 heterocycles. The summed E-state index contributed by atoms with van der Waals surface area (Å²) in [4.78, 5) is 0. The van der Waals surface area contributed by atoms with Crippen LogP contribution in [0, 0.1) is 6.92 Å². The molecule has 3 heteroatoms. The lowest BCUT2D eigenvalue weighted by molar-refractivity contribution is -0.608. The minimum atomic E-state index is 0. The molecule has 0 spiro atoms. The van der Waals surface area contributed by atoms with Crippen molar-refractivity contribution in [2.24, 2.45) is 0 Å². The van der Waals surface area contributed by atoms with E-state index < -0.39 is 0 Å². The van der Waals surface area contributed by atoms with Crippen LogP contribution in [0.25, 0.3) is 27.6 Å². The number of methoxy groups -OCH3 is 1. The van der Waals surface area contributed by atoms with Crippen molar-refractivity contribution in [1.82, 2.24) is 0 Å². The van der Waals surface area contributed by atoms with Crippen LogP contribution in [0.1, 0.15) is 18.3 Å². The highest BCUT2D eigenvalue weighted by atomic mass is 127. The molecule has 0 fully saturated rings. The number of aromatic nitrogens is 1. The van der Waals surface area contributed by atoms with Gasteiger partial charge in [-0.2, -0.15) is 4.57 Å². The van der Waals surface area contributed by atoms with E-state index in [1.807, 2.05) is 12.1 Å². The average molecular weight is 481 g/mol. The van der Waals surface area contributed by atoms with Gasteiger partial charge >= 0.3 is 0 Å². The molecule has 0 aliphatic rings. The predicted molar refractivity (Wildman–Crippen MR) is 112 cm³/mol. The topological polar surface area (TPSA) is 13.1 Å². The fraction of sp³-hybridized carbons (Fsp3) is 0.160. The number of benzene rings is 3. The Kier molecular flexibility index (Phi) is 6.35. The molecule has 4 rings (SSSR count). The maximum absolute atomic E-state index is 5.35. The maximum Gasteiger partial charge on any atom is 0.211 e. The molecule has 0 radical (unpaired) electrons. The van der Waals surface area contributed by atoms with Crippen molar-refractivity contribution < 1.29 is 33.3 Å². The molecule has 0 atom stereocenters. The number of hydrogen-bond acceptors (Lipinski definition) is 1. The Labute approximate surface area is 183 Å². The standard InChI is InChI=1S/C25H24NO.HI/c1-4-24-25(19-10-6-5-7-11-19)23-13-9-8-12-22(23)18(2)26(24)20-14-16-21(27-3)17-15-20;/h5-17H,4H2,1-3H3;1H/q+1;/p-1. The van der Waals surface area contributed by atoms with E-state index in [1.165, 1.54) is 33.3 Å². The molecule has 2 nitrogen and oxygen atoms in total. The van der Waals surface area contributed by atoms with Crippen LogP contribution < -0.4 is 33.3 Å². The second-order valence-electron chi connectivity index (χ2n) is 6.71. The van der Waals surface area contributed by atoms with Crippen LogP contribution in [0.3, 0.4) is 0 Å². The molecule has 0 aliphatic carbocycles. The van der Waals surface area contributed by atoms with Crippen molar-refractivity contribution in [3.05, 3.63) is 90.3 Å². The zero-order valence-corrected chi connectivity index (χ0v) is 18.6. The molecule has 3 aromatic carbocycles. The van der Waals surface area contributed by atoms with Gasteiger partial charge in [-0.3, -0.25) is 0 Å². The molecule has 0 saturated heterocycles. The van der Waals surface area contributed by atoms with Gasteiger partial charge in [0.15, 0.2) is 11.4 Å². The van der Waals surface area contributed by atoms with Crippen LogP contribution in [0.2, 0.25) is 0 Å². The van der Waals surface area contributed by atoms with Crippen molar-refractivity contribution in [2.45, 2.75) is 20.3 Å². The lowest BCUT2D eigenvalue weighted by Gasteiger charge is -2.15. The lowest BCUT2D eigenvalue weighted by Crippen LogP contribution is -3.00. The van der Waals surface area contributed by atoms with Crippen LogP contribution in [0.4, 0.5) is 0 Å². The second kappa shape index (κ2) is 8.74. The van der Waals surface area contributed by atoms with Crippen LogP contribution in [-0.2, 0) is 6.42 Å². The van der Waals surface area contributed by atoms with Crippen LogP contribution in [-0.4, -0.2) is 7.11 Å². The normalized spacial score (nSPS) is 10.5. The van der Waals surface area contributed by atoms with E-state index in [4.69, 9.17) is 4.74 Å². The molecule has 1 aromatic heterocycles. The summed E-state index contributed by atoms with van der Waals surface area (Å²) in [5.74, 6) is 0.874. The summed E-state index contributed by atoms with van der Waals surface area (Å²) >= 11 is 0. The number of ether oxygens (including phenoxy) is 1. The Balaban J connectivity index is 0.00000225. The van der Waals surface area contributed by atoms with Crippen molar-refractivity contribution in [2.75, 3.05) is 7.11 Å². The van der Waals surface area contributed by atoms with Crippen LogP contribution >= 0.6 is 0 Å². The fourth-order valence-electron chi connectivity index (χ4n) is 3.95. The third kappa shape index (κ3) is 3.51. The van der Waals surface area contributed by atoms with Crippen molar-refractivity contribution in [3.8, 4) is 22.6 Å². The number of nitrogens with zero attached hydrogens (tertiary/aromatic N) is 1. The molecule has 0 aliphatic heterocycles. The summed E-state index contributed by atoms with van der Waals surface area (Å²) in [5.41, 5.74) is 6.31. The number of rotatable bonds is 4. The summed E-state index contributed by atoms with van der Waals surface area (Å²) < 4.78 is 7.74. The number of pyridine rings is 1. The summed E-state index contributed by atoms with van der Waals surface area (Å²) in [6.45, 7) is 4.44. The predicted octanol–water partition coefficient (Wildman–Crippen LogP) is 2.67. The van der Waals surface area contributed by atoms with E-state index in [9.17, 15) is 0 Å². The Morgan fingerprint density at radius 2 is 1.39 bits per heavy atom. The van der Waals surface area contributed by atoms with Gasteiger partial charge < -0.3 is 28.7 Å². The SMILES string of the molecule is CCc1c(-c2ccccc2)c2ccccc2c(C)[n+]1-c1ccc(OC)cc1.[I-]. The minimum Gasteiger partial charge on any atom is -1.00 e. The smallest absolute Gasteiger partial charge is 0.211 e. The fourth-order valence-corrected chi connectivity index (χ4v) is 3.95. The summed E-state index contributed by atoms with van der Waals surface area (Å²) in [5, 5.41) is 2.59. The number of aryl methyl sites for hydroxylation is 1. The number of hydrogen-bond donors (Lipinski definition) is 0. The average Bonchev–Trinajstić information content (AvgIpc) is 2.74. The molecule has 0 amide bonds. The van der Waals surface area contributed by atoms with Crippen molar-refractivity contribution >= 4 is 10.8 Å². The highest BCUT2D eigenvalue weighted by molar-refractivity contribution is 5.97. The molecule has 0 unspecified atom stereocenters. The maximum atomic E-state index is 5.35. The molecule has 0 N–H and O–H groups in total. The molecule has 142 valence electrons. The Morgan fingerprint density at radius 1 is 0.786 bits per heavy atom. The first kappa shape index (κ1) is 20.3. The zero-order valence-electron chi connectivity index (χ0n) is 16.4. The second-order valence-corrected chi connectivity index (χ2v) is 6.71. The number of halogens is 1. The highest BCUT2D eigenvalue weighted by Crippen LogP contribution is 2.33. The summed E-state index contributed by atoms with van der Waals surface area (Å²) in [7, 11) is 1.70. The van der Waals surface area contributed by atoms with Crippen molar-refractivity contribution in [3.63, 3.8) is 0 Å². The third-order valence-electron chi connectivity index (χ3n) is 5.21. The minimum absolute atomic E-state index is 0. The van der Waals surface area contributed by atoms with Gasteiger partial charge in [0, 0.05) is 36.2 Å². The Hall–Kier alpha value is -2.40. The van der Waals surface area contributed by atoms with Gasteiger partial charge in [0.25, 0.3) is 0 Å². The quantitative estimate of drug-likeness (QED) is 0.323. The molecule has 4 aromatic rings. The third-order valence-corrected chi connectivity index (χ3v) is 5.21. The molecular weight excluding hydrogens is 457 g/mol. The summed E-state index contributed by atoms with van der Waals surface area (Å²) in [6, 6.07) is 27.7.